The lowest BCUT2D eigenvalue weighted by atomic mass is 9.78. The van der Waals surface area contributed by atoms with E-state index in [1.165, 1.54) is 10.8 Å². The van der Waals surface area contributed by atoms with Crippen LogP contribution >= 0.6 is 0 Å². The van der Waals surface area contributed by atoms with E-state index < -0.39 is 29.9 Å². The van der Waals surface area contributed by atoms with E-state index in [9.17, 15) is 5.48 Å². The van der Waals surface area contributed by atoms with Crippen LogP contribution in [0.4, 0.5) is 0 Å². The molecule has 0 amide bonds. The van der Waals surface area contributed by atoms with E-state index in [2.05, 4.69) is 148 Å². The van der Waals surface area contributed by atoms with Crippen LogP contribution < -0.4 is 9.30 Å². The Bertz CT molecular complexity index is 4800. The molecule has 6 nitrogen and oxygen atoms in total. The molecule has 4 heterocycles. The van der Waals surface area contributed by atoms with Gasteiger partial charge in [-0.3, -0.25) is 13.7 Å². The van der Waals surface area contributed by atoms with Crippen LogP contribution in [-0.4, -0.2) is 18.7 Å². The first-order chi connectivity index (χ1) is 40.9. The minimum atomic E-state index is -1.67. The van der Waals surface area contributed by atoms with Crippen LogP contribution in [0, 0.1) is 11.7 Å². The summed E-state index contributed by atoms with van der Waals surface area (Å²) in [7, 11) is 0. The summed E-state index contributed by atoms with van der Waals surface area (Å²) in [6, 6.07) is 59.6. The predicted molar refractivity (Wildman–Crippen MR) is 328 cm³/mol. The predicted octanol–water partition coefficient (Wildman–Crippen LogP) is 18.6. The number of pyridine rings is 1. The van der Waals surface area contributed by atoms with E-state index in [0.29, 0.717) is 34.1 Å². The number of ether oxygens (including phenoxy) is 1. The summed E-state index contributed by atoms with van der Waals surface area (Å²) < 4.78 is 78.5. The third-order valence-corrected chi connectivity index (χ3v) is 14.9. The van der Waals surface area contributed by atoms with Crippen LogP contribution in [0.25, 0.3) is 99.8 Å². The van der Waals surface area contributed by atoms with E-state index in [1.54, 1.807) is 12.3 Å². The molecule has 9 aromatic carbocycles. The number of aromatic nitrogens is 5. The number of nitrogens with zero attached hydrogens (tertiary/aromatic N) is 5. The molecule has 13 rings (SSSR count). The first kappa shape index (κ1) is 42.1. The highest BCUT2D eigenvalue weighted by atomic mass is 16.5. The van der Waals surface area contributed by atoms with Crippen molar-refractivity contribution in [2.45, 2.75) is 79.5 Å². The summed E-state index contributed by atoms with van der Waals surface area (Å²) >= 11 is 0. The van der Waals surface area contributed by atoms with Crippen molar-refractivity contribution in [3.63, 3.8) is 0 Å². The molecule has 0 spiro atoms. The molecule has 13 aromatic rings. The molecule has 0 atom stereocenters. The fraction of sp³-hybridized carbons (Fsp3) is 0.178. The maximum atomic E-state index is 9.29. The Morgan fingerprint density at radius 2 is 1.13 bits per heavy atom. The SMILES string of the molecule is [2H]c1c([2H])c([2H])c(-c2cccc(-c3cc(C(C)(C)C)cc(C(C)(C)C)c3)c2-[n+]2[c-]n(-c3cccc(Oc4ccc5c6cc(-n7c8ccccc8c8ccccc87)ccc6n(-c6cc(C([2H])([2H])C(C)(C)C)ccn6)c5c4)c3)c3ccccc32)c([2H])c1[2H]. The van der Waals surface area contributed by atoms with Gasteiger partial charge in [0.25, 0.3) is 6.33 Å². The molecule has 388 valence electrons. The molecule has 79 heavy (non-hydrogen) atoms. The second-order valence-corrected chi connectivity index (χ2v) is 23.7. The zero-order chi connectivity index (χ0) is 60.5. The van der Waals surface area contributed by atoms with Crippen LogP contribution in [-0.2, 0) is 17.2 Å². The lowest BCUT2D eigenvalue weighted by Gasteiger charge is -2.27. The molecule has 0 N–H and O–H groups in total. The lowest BCUT2D eigenvalue weighted by Crippen LogP contribution is -2.31. The van der Waals surface area contributed by atoms with Crippen molar-refractivity contribution in [3.8, 4) is 56.6 Å². The van der Waals surface area contributed by atoms with Gasteiger partial charge < -0.3 is 9.30 Å². The van der Waals surface area contributed by atoms with E-state index in [4.69, 9.17) is 13.8 Å². The van der Waals surface area contributed by atoms with Crippen molar-refractivity contribution >= 4 is 54.6 Å². The normalized spacial score (nSPS) is 13.9. The van der Waals surface area contributed by atoms with Gasteiger partial charge in [0, 0.05) is 42.2 Å². The highest BCUT2D eigenvalue weighted by Gasteiger charge is 2.26. The summed E-state index contributed by atoms with van der Waals surface area (Å²) in [5, 5.41) is 4.31. The van der Waals surface area contributed by atoms with E-state index in [1.807, 2.05) is 115 Å². The highest BCUT2D eigenvalue weighted by Crippen LogP contribution is 2.42. The Hall–Kier alpha value is -9.00. The number of para-hydroxylation sites is 5. The molecule has 0 unspecified atom stereocenters. The van der Waals surface area contributed by atoms with Gasteiger partial charge in [0.1, 0.15) is 17.3 Å². The topological polar surface area (TPSA) is 40.8 Å². The van der Waals surface area contributed by atoms with Crippen molar-refractivity contribution < 1.29 is 18.9 Å². The minimum Gasteiger partial charge on any atom is -0.458 e. The standard InChI is InChI=1S/C73H65N5O/c1-71(2,3)46-48-37-38-74-69(39-48)78-65-36-33-54(77-63-29-15-13-25-59(63)60-26-14-16-30-64(60)77)44-62(65)61-35-34-56(45-68(61)78)79-55-24-19-23-53(43-55)75-47-76(67-32-18-17-31-66(67)75)70-57(49-21-11-10-12-22-49)27-20-28-58(70)50-40-51(72(4,5)6)42-52(41-50)73(7,8)9/h10-45H,46H2,1-9H3/i10D,11D,12D,21D,22D,46D2. The van der Waals surface area contributed by atoms with Crippen LogP contribution in [0.3, 0.4) is 0 Å². The van der Waals surface area contributed by atoms with E-state index >= 15 is 0 Å². The van der Waals surface area contributed by atoms with Crippen molar-refractivity contribution in [2.24, 2.45) is 5.41 Å². The van der Waals surface area contributed by atoms with Gasteiger partial charge in [-0.1, -0.05) is 196 Å². The maximum absolute atomic E-state index is 9.29. The quantitative estimate of drug-likeness (QED) is 0.107. The summed E-state index contributed by atoms with van der Waals surface area (Å²) in [5.74, 6) is 1.71. The first-order valence-electron chi connectivity index (χ1n) is 30.5. The van der Waals surface area contributed by atoms with Gasteiger partial charge in [0.05, 0.1) is 51.3 Å². The molecule has 4 aromatic heterocycles. The summed E-state index contributed by atoms with van der Waals surface area (Å²) in [6.07, 6.45) is 3.74. The molecule has 6 heteroatoms. The number of fused-ring (bicyclic) bond motifs is 7. The van der Waals surface area contributed by atoms with Crippen molar-refractivity contribution in [1.82, 2.24) is 18.7 Å². The van der Waals surface area contributed by atoms with Crippen molar-refractivity contribution in [2.75, 3.05) is 0 Å². The number of benzene rings is 9. The third kappa shape index (κ3) is 9.05. The van der Waals surface area contributed by atoms with Gasteiger partial charge in [0.2, 0.25) is 0 Å². The fourth-order valence-corrected chi connectivity index (χ4v) is 11.2. The highest BCUT2D eigenvalue weighted by molar-refractivity contribution is 6.12. The van der Waals surface area contributed by atoms with Gasteiger partial charge in [-0.2, -0.15) is 0 Å². The van der Waals surface area contributed by atoms with Gasteiger partial charge in [-0.05, 0) is 134 Å². The average molecular weight is 1040 g/mol. The monoisotopic (exact) mass is 1030 g/mol. The van der Waals surface area contributed by atoms with Gasteiger partial charge >= 0.3 is 0 Å². The average Bonchev–Trinajstić information content (AvgIpc) is 1.69. The molecule has 0 saturated carbocycles. The molecular weight excluding hydrogens is 963 g/mol. The third-order valence-electron chi connectivity index (χ3n) is 14.9. The molecule has 0 aliphatic carbocycles. The van der Waals surface area contributed by atoms with Gasteiger partial charge in [-0.15, -0.1) is 0 Å². The Balaban J connectivity index is 0.971. The van der Waals surface area contributed by atoms with Crippen molar-refractivity contribution in [3.05, 3.63) is 241 Å². The summed E-state index contributed by atoms with van der Waals surface area (Å²) in [5.41, 5.74) is 11.9. The zero-order valence-electron chi connectivity index (χ0n) is 53.0. The molecule has 0 aliphatic heterocycles. The van der Waals surface area contributed by atoms with Gasteiger partial charge in [0.15, 0.2) is 0 Å². The Morgan fingerprint density at radius 1 is 0.506 bits per heavy atom. The molecule has 0 fully saturated rings. The second-order valence-electron chi connectivity index (χ2n) is 23.7. The second kappa shape index (κ2) is 18.9. The summed E-state index contributed by atoms with van der Waals surface area (Å²) in [4.78, 5) is 4.93. The number of rotatable bonds is 9. The molecule has 0 saturated heterocycles. The number of hydrogen-bond donors (Lipinski definition) is 0. The maximum Gasteiger partial charge on any atom is 0.269 e. The lowest BCUT2D eigenvalue weighted by molar-refractivity contribution is -0.571. The first-order valence-corrected chi connectivity index (χ1v) is 27.0. The van der Waals surface area contributed by atoms with Crippen molar-refractivity contribution in [1.29, 1.82) is 0 Å². The van der Waals surface area contributed by atoms with Gasteiger partial charge in [-0.25, -0.2) is 4.98 Å². The number of hydrogen-bond acceptors (Lipinski definition) is 2. The smallest absolute Gasteiger partial charge is 0.269 e. The van der Waals surface area contributed by atoms with Crippen LogP contribution in [0.1, 0.15) is 88.6 Å². The Morgan fingerprint density at radius 3 is 1.82 bits per heavy atom. The Labute approximate surface area is 473 Å². The molecule has 0 bridgehead atoms. The largest absolute Gasteiger partial charge is 0.458 e. The minimum absolute atomic E-state index is 0.0953. The zero-order valence-corrected chi connectivity index (χ0v) is 46.0. The van der Waals surface area contributed by atoms with Crippen LogP contribution in [0.2, 0.25) is 0 Å². The van der Waals surface area contributed by atoms with E-state index in [-0.39, 0.29) is 28.5 Å². The fourth-order valence-electron chi connectivity index (χ4n) is 11.2. The Kier molecular flexibility index (Phi) is 10.1. The number of imidazole rings is 1. The molecule has 0 aliphatic rings. The molecular formula is C73H65N5O. The van der Waals surface area contributed by atoms with Crippen LogP contribution in [0.5, 0.6) is 11.5 Å². The van der Waals surface area contributed by atoms with E-state index in [0.717, 1.165) is 77.5 Å². The summed E-state index contributed by atoms with van der Waals surface area (Å²) in [6.45, 7) is 18.9. The molecule has 0 radical (unpaired) electrons. The van der Waals surface area contributed by atoms with Crippen LogP contribution in [0.15, 0.2) is 218 Å².